The van der Waals surface area contributed by atoms with Crippen LogP contribution in [0.1, 0.15) is 19.8 Å². The number of hydrogen-bond donors (Lipinski definition) is 3. The van der Waals surface area contributed by atoms with Gasteiger partial charge in [-0.05, 0) is 35.4 Å². The summed E-state index contributed by atoms with van der Waals surface area (Å²) in [6.07, 6.45) is 3.05. The topological polar surface area (TPSA) is 98.9 Å². The molecule has 0 aliphatic carbocycles. The zero-order valence-corrected chi connectivity index (χ0v) is 12.3. The summed E-state index contributed by atoms with van der Waals surface area (Å²) in [5.74, 6) is 0.973. The molecule has 4 N–H and O–H groups in total. The fourth-order valence-electron chi connectivity index (χ4n) is 2.08. The van der Waals surface area contributed by atoms with E-state index in [1.165, 1.54) is 6.33 Å². The van der Waals surface area contributed by atoms with E-state index in [-0.39, 0.29) is 16.8 Å². The first kappa shape index (κ1) is 13.3. The molecule has 0 aromatic carbocycles. The van der Waals surface area contributed by atoms with Crippen LogP contribution < -0.4 is 16.2 Å². The fraction of sp³-hybridized carbons (Fsp3) is 0.545. The first-order valence-electron chi connectivity index (χ1n) is 5.77. The van der Waals surface area contributed by atoms with E-state index in [1.807, 2.05) is 29.5 Å². The van der Waals surface area contributed by atoms with Gasteiger partial charge in [0.25, 0.3) is 5.56 Å². The van der Waals surface area contributed by atoms with E-state index in [0.717, 1.165) is 31.7 Å². The third-order valence-electron chi connectivity index (χ3n) is 3.59. The van der Waals surface area contributed by atoms with Crippen LogP contribution in [0.25, 0.3) is 0 Å². The van der Waals surface area contributed by atoms with Crippen LogP contribution in [0.4, 0.5) is 5.82 Å². The van der Waals surface area contributed by atoms with Gasteiger partial charge >= 0.3 is 0 Å². The van der Waals surface area contributed by atoms with Gasteiger partial charge in [-0.15, -0.1) is 0 Å². The number of anilines is 1. The highest BCUT2D eigenvalue weighted by molar-refractivity contribution is 14.1. The van der Waals surface area contributed by atoms with Crippen molar-refractivity contribution in [3.63, 3.8) is 0 Å². The summed E-state index contributed by atoms with van der Waals surface area (Å²) >= 11 is 2.01. The molecule has 1 aliphatic rings. The molecule has 1 fully saturated rings. The number of halogens is 1. The Morgan fingerprint density at radius 1 is 1.61 bits per heavy atom. The number of rotatable bonds is 2. The Bertz CT molecular complexity index is 518. The monoisotopic (exact) mass is 361 g/mol. The van der Waals surface area contributed by atoms with E-state index in [0.29, 0.717) is 3.57 Å². The number of amidine groups is 1. The molecule has 2 heterocycles. The smallest absolute Gasteiger partial charge is 0.266 e. The second-order valence-electron chi connectivity index (χ2n) is 4.83. The van der Waals surface area contributed by atoms with Gasteiger partial charge in [-0.3, -0.25) is 10.2 Å². The van der Waals surface area contributed by atoms with Gasteiger partial charge in [0.15, 0.2) is 0 Å². The molecule has 0 atom stereocenters. The van der Waals surface area contributed by atoms with Crippen molar-refractivity contribution in [3.05, 3.63) is 20.3 Å². The van der Waals surface area contributed by atoms with Crippen molar-refractivity contribution in [2.75, 3.05) is 18.0 Å². The minimum absolute atomic E-state index is 0.111. The molecular formula is C11H16IN5O. The summed E-state index contributed by atoms with van der Waals surface area (Å²) < 4.78 is 0.613. The highest BCUT2D eigenvalue weighted by Gasteiger charge is 2.33. The second kappa shape index (κ2) is 4.87. The molecule has 1 aromatic heterocycles. The molecule has 1 aromatic rings. The summed E-state index contributed by atoms with van der Waals surface area (Å²) in [5, 5.41) is 7.62. The fourth-order valence-corrected chi connectivity index (χ4v) is 2.71. The van der Waals surface area contributed by atoms with E-state index in [2.05, 4.69) is 14.9 Å². The molecule has 0 bridgehead atoms. The van der Waals surface area contributed by atoms with Gasteiger partial charge in [-0.1, -0.05) is 6.92 Å². The first-order chi connectivity index (χ1) is 8.44. The van der Waals surface area contributed by atoms with Crippen LogP contribution in [-0.2, 0) is 0 Å². The Labute approximate surface area is 119 Å². The maximum atomic E-state index is 11.5. The van der Waals surface area contributed by atoms with Gasteiger partial charge < -0.3 is 15.6 Å². The van der Waals surface area contributed by atoms with Crippen molar-refractivity contribution in [3.8, 4) is 0 Å². The summed E-state index contributed by atoms with van der Waals surface area (Å²) in [5.41, 5.74) is 5.30. The summed E-state index contributed by atoms with van der Waals surface area (Å²) in [6, 6.07) is 0. The second-order valence-corrected chi connectivity index (χ2v) is 5.91. The molecule has 6 nitrogen and oxygen atoms in total. The Hall–Kier alpha value is -1.12. The number of aromatic amines is 1. The molecule has 0 unspecified atom stereocenters. The largest absolute Gasteiger partial charge is 0.387 e. The van der Waals surface area contributed by atoms with Crippen LogP contribution in [0.3, 0.4) is 0 Å². The Kier molecular flexibility index (Phi) is 3.60. The third kappa shape index (κ3) is 2.36. The maximum absolute atomic E-state index is 11.5. The lowest BCUT2D eigenvalue weighted by molar-refractivity contribution is 0.349. The van der Waals surface area contributed by atoms with E-state index < -0.39 is 0 Å². The Morgan fingerprint density at radius 2 is 2.22 bits per heavy atom. The SMILES string of the molecule is CC1(C(=N)N)CCN(c2nc[nH]c(=O)c2I)CC1. The molecule has 7 heteroatoms. The molecule has 98 valence electrons. The van der Waals surface area contributed by atoms with Gasteiger partial charge in [-0.2, -0.15) is 0 Å². The van der Waals surface area contributed by atoms with Crippen LogP contribution >= 0.6 is 22.6 Å². The molecule has 1 saturated heterocycles. The minimum Gasteiger partial charge on any atom is -0.387 e. The molecule has 1 aliphatic heterocycles. The van der Waals surface area contributed by atoms with Crippen LogP contribution in [0.15, 0.2) is 11.1 Å². The van der Waals surface area contributed by atoms with Gasteiger partial charge in [0.05, 0.1) is 12.2 Å². The number of nitrogens with zero attached hydrogens (tertiary/aromatic N) is 2. The first-order valence-corrected chi connectivity index (χ1v) is 6.84. The van der Waals surface area contributed by atoms with E-state index in [9.17, 15) is 4.79 Å². The lowest BCUT2D eigenvalue weighted by Gasteiger charge is -2.39. The quantitative estimate of drug-likeness (QED) is 0.414. The molecule has 18 heavy (non-hydrogen) atoms. The average molecular weight is 361 g/mol. The van der Waals surface area contributed by atoms with E-state index in [1.54, 1.807) is 0 Å². The van der Waals surface area contributed by atoms with Crippen LogP contribution in [-0.4, -0.2) is 28.9 Å². The van der Waals surface area contributed by atoms with Crippen LogP contribution in [0, 0.1) is 14.4 Å². The standard InChI is InChI=1S/C11H16IN5O/c1-11(10(13)14)2-4-17(5-3-11)8-7(12)9(18)16-6-15-8/h6H,2-5H2,1H3,(H3,13,14)(H,15,16,18). The van der Waals surface area contributed by atoms with Crippen LogP contribution in [0.5, 0.6) is 0 Å². The summed E-state index contributed by atoms with van der Waals surface area (Å²) in [7, 11) is 0. The van der Waals surface area contributed by atoms with Crippen molar-refractivity contribution in [2.24, 2.45) is 11.1 Å². The number of aromatic nitrogens is 2. The molecule has 0 spiro atoms. The van der Waals surface area contributed by atoms with E-state index in [4.69, 9.17) is 11.1 Å². The number of nitrogens with two attached hydrogens (primary N) is 1. The maximum Gasteiger partial charge on any atom is 0.266 e. The number of nitrogens with one attached hydrogen (secondary N) is 2. The van der Waals surface area contributed by atoms with Crippen molar-refractivity contribution in [1.82, 2.24) is 9.97 Å². The predicted molar refractivity (Wildman–Crippen MR) is 79.0 cm³/mol. The van der Waals surface area contributed by atoms with Gasteiger partial charge in [0.1, 0.15) is 9.39 Å². The molecule has 0 amide bonds. The van der Waals surface area contributed by atoms with Gasteiger partial charge in [0.2, 0.25) is 0 Å². The lowest BCUT2D eigenvalue weighted by atomic mass is 9.79. The van der Waals surface area contributed by atoms with E-state index >= 15 is 0 Å². The molecule has 2 rings (SSSR count). The van der Waals surface area contributed by atoms with Crippen molar-refractivity contribution >= 4 is 34.2 Å². The highest BCUT2D eigenvalue weighted by atomic mass is 127. The van der Waals surface area contributed by atoms with Gasteiger partial charge in [0, 0.05) is 18.5 Å². The number of H-pyrrole nitrogens is 1. The molecule has 0 radical (unpaired) electrons. The van der Waals surface area contributed by atoms with Crippen molar-refractivity contribution < 1.29 is 0 Å². The highest BCUT2D eigenvalue weighted by Crippen LogP contribution is 2.32. The summed E-state index contributed by atoms with van der Waals surface area (Å²) in [4.78, 5) is 20.4. The average Bonchev–Trinajstić information content (AvgIpc) is 2.34. The zero-order chi connectivity index (χ0) is 13.3. The predicted octanol–water partition coefficient (Wildman–Crippen LogP) is 0.917. The normalized spacial score (nSPS) is 18.7. The Morgan fingerprint density at radius 3 is 2.78 bits per heavy atom. The summed E-state index contributed by atoms with van der Waals surface area (Å²) in [6.45, 7) is 3.55. The Balaban J connectivity index is 2.18. The molecule has 0 saturated carbocycles. The number of hydrogen-bond acceptors (Lipinski definition) is 4. The molecular weight excluding hydrogens is 345 g/mol. The lowest BCUT2D eigenvalue weighted by Crippen LogP contribution is -2.46. The number of piperidine rings is 1. The zero-order valence-electron chi connectivity index (χ0n) is 10.2. The van der Waals surface area contributed by atoms with Gasteiger partial charge in [-0.25, -0.2) is 4.98 Å². The van der Waals surface area contributed by atoms with Crippen LogP contribution in [0.2, 0.25) is 0 Å². The minimum atomic E-state index is -0.219. The van der Waals surface area contributed by atoms with Crippen molar-refractivity contribution in [1.29, 1.82) is 5.41 Å². The van der Waals surface area contributed by atoms with Crippen molar-refractivity contribution in [2.45, 2.75) is 19.8 Å². The third-order valence-corrected chi connectivity index (χ3v) is 4.57.